The summed E-state index contributed by atoms with van der Waals surface area (Å²) in [6, 6.07) is 11.9. The quantitative estimate of drug-likeness (QED) is 0.470. The normalized spacial score (nSPS) is 29.5. The smallest absolute Gasteiger partial charge is 0.125 e. The van der Waals surface area contributed by atoms with E-state index in [9.17, 15) is 30.6 Å². The Kier molecular flexibility index (Phi) is 4.94. The summed E-state index contributed by atoms with van der Waals surface area (Å²) in [5, 5.41) is 59.9. The topological polar surface area (TPSA) is 131 Å². The minimum Gasteiger partial charge on any atom is -0.507 e. The van der Waals surface area contributed by atoms with Crippen molar-refractivity contribution in [3.05, 3.63) is 48.0 Å². The van der Waals surface area contributed by atoms with E-state index in [1.807, 2.05) is 30.3 Å². The number of aromatic hydroxyl groups is 2. The number of rotatable bonds is 3. The van der Waals surface area contributed by atoms with Crippen molar-refractivity contribution in [2.45, 2.75) is 30.5 Å². The van der Waals surface area contributed by atoms with Gasteiger partial charge in [-0.15, -0.1) is 0 Å². The fourth-order valence-electron chi connectivity index (χ4n) is 3.05. The summed E-state index contributed by atoms with van der Waals surface area (Å²) in [6.45, 7) is -0.592. The molecule has 0 radical (unpaired) electrons. The van der Waals surface area contributed by atoms with E-state index in [1.165, 1.54) is 12.1 Å². The third-order valence-electron chi connectivity index (χ3n) is 4.42. The van der Waals surface area contributed by atoms with E-state index in [0.29, 0.717) is 5.56 Å². The van der Waals surface area contributed by atoms with Crippen LogP contribution in [0.1, 0.15) is 11.7 Å². The van der Waals surface area contributed by atoms with E-state index < -0.39 is 37.1 Å². The average Bonchev–Trinajstić information content (AvgIpc) is 2.61. The molecule has 0 spiro atoms. The van der Waals surface area contributed by atoms with Crippen LogP contribution in [0.2, 0.25) is 0 Å². The first-order valence-electron chi connectivity index (χ1n) is 7.86. The molecule has 3 rings (SSSR count). The summed E-state index contributed by atoms with van der Waals surface area (Å²) < 4.78 is 5.39. The van der Waals surface area contributed by atoms with Crippen molar-refractivity contribution in [2.75, 3.05) is 6.61 Å². The monoisotopic (exact) mass is 348 g/mol. The molecular weight excluding hydrogens is 328 g/mol. The second-order valence-electron chi connectivity index (χ2n) is 6.04. The second-order valence-corrected chi connectivity index (χ2v) is 6.04. The molecule has 2 aromatic rings. The fraction of sp³-hybridized carbons (Fsp3) is 0.333. The molecule has 0 aromatic heterocycles. The molecule has 5 atom stereocenters. The number of aliphatic hydroxyl groups excluding tert-OH is 4. The van der Waals surface area contributed by atoms with Gasteiger partial charge in [-0.05, 0) is 23.3 Å². The SMILES string of the molecule is OCC1OC(c2c(O)cc(-c3ccccc3)cc2O)C(O)C(O)C1O. The molecule has 25 heavy (non-hydrogen) atoms. The van der Waals surface area contributed by atoms with Crippen LogP contribution in [0.4, 0.5) is 0 Å². The van der Waals surface area contributed by atoms with E-state index in [4.69, 9.17) is 4.74 Å². The summed E-state index contributed by atoms with van der Waals surface area (Å²) in [5.41, 5.74) is 1.22. The summed E-state index contributed by atoms with van der Waals surface area (Å²) in [6.07, 6.45) is -7.12. The van der Waals surface area contributed by atoms with Gasteiger partial charge in [0, 0.05) is 0 Å². The van der Waals surface area contributed by atoms with Crippen molar-refractivity contribution in [2.24, 2.45) is 0 Å². The molecule has 1 heterocycles. The molecule has 0 bridgehead atoms. The first kappa shape index (κ1) is 17.7. The minimum absolute atomic E-state index is 0.114. The first-order chi connectivity index (χ1) is 11.9. The Morgan fingerprint density at radius 2 is 1.40 bits per heavy atom. The Hall–Kier alpha value is -2.16. The highest BCUT2D eigenvalue weighted by atomic mass is 16.5. The lowest BCUT2D eigenvalue weighted by atomic mass is 9.89. The summed E-state index contributed by atoms with van der Waals surface area (Å²) >= 11 is 0. The van der Waals surface area contributed by atoms with Crippen LogP contribution in [-0.2, 0) is 4.74 Å². The van der Waals surface area contributed by atoms with Gasteiger partial charge in [-0.3, -0.25) is 0 Å². The Morgan fingerprint density at radius 3 is 1.96 bits per heavy atom. The number of hydrogen-bond acceptors (Lipinski definition) is 7. The van der Waals surface area contributed by atoms with Crippen molar-refractivity contribution in [3.63, 3.8) is 0 Å². The van der Waals surface area contributed by atoms with E-state index in [1.54, 1.807) is 0 Å². The molecule has 1 fully saturated rings. The lowest BCUT2D eigenvalue weighted by molar-refractivity contribution is -0.232. The van der Waals surface area contributed by atoms with Gasteiger partial charge in [-0.25, -0.2) is 0 Å². The third kappa shape index (κ3) is 3.20. The minimum atomic E-state index is -1.59. The summed E-state index contributed by atoms with van der Waals surface area (Å²) in [5.74, 6) is -0.661. The molecule has 1 aliphatic rings. The maximum Gasteiger partial charge on any atom is 0.125 e. The highest BCUT2D eigenvalue weighted by Gasteiger charge is 2.45. The van der Waals surface area contributed by atoms with Crippen LogP contribution in [0.3, 0.4) is 0 Å². The Morgan fingerprint density at radius 1 is 0.800 bits per heavy atom. The number of benzene rings is 2. The van der Waals surface area contributed by atoms with Gasteiger partial charge < -0.3 is 35.4 Å². The molecule has 7 nitrogen and oxygen atoms in total. The van der Waals surface area contributed by atoms with E-state index in [0.717, 1.165) is 5.56 Å². The van der Waals surface area contributed by atoms with Crippen LogP contribution >= 0.6 is 0 Å². The Labute approximate surface area is 144 Å². The van der Waals surface area contributed by atoms with Crippen molar-refractivity contribution in [1.29, 1.82) is 0 Å². The molecular formula is C18H20O7. The van der Waals surface area contributed by atoms with Crippen molar-refractivity contribution in [1.82, 2.24) is 0 Å². The van der Waals surface area contributed by atoms with Gasteiger partial charge in [0.2, 0.25) is 0 Å². The maximum absolute atomic E-state index is 10.4. The zero-order valence-electron chi connectivity index (χ0n) is 13.2. The van der Waals surface area contributed by atoms with Crippen LogP contribution in [0.25, 0.3) is 11.1 Å². The average molecular weight is 348 g/mol. The molecule has 7 heteroatoms. The van der Waals surface area contributed by atoms with Crippen LogP contribution in [0, 0.1) is 0 Å². The zero-order chi connectivity index (χ0) is 18.1. The number of ether oxygens (including phenoxy) is 1. The molecule has 0 amide bonds. The van der Waals surface area contributed by atoms with Gasteiger partial charge in [-0.2, -0.15) is 0 Å². The van der Waals surface area contributed by atoms with Crippen LogP contribution in [-0.4, -0.2) is 61.7 Å². The van der Waals surface area contributed by atoms with Crippen LogP contribution in [0.15, 0.2) is 42.5 Å². The van der Waals surface area contributed by atoms with Gasteiger partial charge >= 0.3 is 0 Å². The highest BCUT2D eigenvalue weighted by molar-refractivity contribution is 5.69. The highest BCUT2D eigenvalue weighted by Crippen LogP contribution is 2.43. The molecule has 6 N–H and O–H groups in total. The fourth-order valence-corrected chi connectivity index (χ4v) is 3.05. The molecule has 1 aliphatic heterocycles. The molecule has 2 aromatic carbocycles. The number of phenolic OH excluding ortho intramolecular Hbond substituents is 2. The lowest BCUT2D eigenvalue weighted by Gasteiger charge is -2.40. The van der Waals surface area contributed by atoms with E-state index in [-0.39, 0.29) is 17.1 Å². The van der Waals surface area contributed by atoms with Gasteiger partial charge in [0.15, 0.2) is 0 Å². The summed E-state index contributed by atoms with van der Waals surface area (Å²) in [7, 11) is 0. The van der Waals surface area contributed by atoms with Gasteiger partial charge in [0.05, 0.1) is 12.2 Å². The third-order valence-corrected chi connectivity index (χ3v) is 4.42. The Bertz CT molecular complexity index is 708. The molecule has 134 valence electrons. The second kappa shape index (κ2) is 6.99. The number of aliphatic hydroxyl groups is 4. The van der Waals surface area contributed by atoms with Crippen LogP contribution in [0.5, 0.6) is 11.5 Å². The van der Waals surface area contributed by atoms with E-state index >= 15 is 0 Å². The number of phenols is 2. The van der Waals surface area contributed by atoms with Crippen LogP contribution < -0.4 is 0 Å². The zero-order valence-corrected chi connectivity index (χ0v) is 13.2. The van der Waals surface area contributed by atoms with Gasteiger partial charge in [-0.1, -0.05) is 30.3 Å². The molecule has 1 saturated heterocycles. The van der Waals surface area contributed by atoms with Crippen molar-refractivity contribution < 1.29 is 35.4 Å². The largest absolute Gasteiger partial charge is 0.507 e. The maximum atomic E-state index is 10.4. The predicted octanol–water partition coefficient (Wildman–Crippen LogP) is 0.280. The number of hydrogen-bond donors (Lipinski definition) is 6. The Balaban J connectivity index is 2.00. The molecule has 0 aliphatic carbocycles. The van der Waals surface area contributed by atoms with Gasteiger partial charge in [0.1, 0.15) is 42.0 Å². The predicted molar refractivity (Wildman–Crippen MR) is 87.9 cm³/mol. The van der Waals surface area contributed by atoms with Crippen molar-refractivity contribution >= 4 is 0 Å². The first-order valence-corrected chi connectivity index (χ1v) is 7.86. The van der Waals surface area contributed by atoms with Gasteiger partial charge in [0.25, 0.3) is 0 Å². The summed E-state index contributed by atoms with van der Waals surface area (Å²) in [4.78, 5) is 0. The molecule has 0 saturated carbocycles. The van der Waals surface area contributed by atoms with E-state index in [2.05, 4.69) is 0 Å². The standard InChI is InChI=1S/C18H20O7/c19-8-13-15(22)16(23)17(24)18(25-13)14-11(20)6-10(7-12(14)21)9-4-2-1-3-5-9/h1-7,13,15-24H,8H2. The lowest BCUT2D eigenvalue weighted by Crippen LogP contribution is -2.55. The van der Waals surface area contributed by atoms with Crippen molar-refractivity contribution in [3.8, 4) is 22.6 Å². The molecule has 5 unspecified atom stereocenters.